The van der Waals surface area contributed by atoms with Crippen LogP contribution in [0.3, 0.4) is 0 Å². The van der Waals surface area contributed by atoms with E-state index >= 15 is 0 Å². The number of benzene rings is 2. The number of rotatable bonds is 7. The first-order chi connectivity index (χ1) is 12.3. The molecule has 0 aliphatic carbocycles. The lowest BCUT2D eigenvalue weighted by Gasteiger charge is -2.13. The summed E-state index contributed by atoms with van der Waals surface area (Å²) in [4.78, 5) is 2.18. The summed E-state index contributed by atoms with van der Waals surface area (Å²) < 4.78 is 50.9. The highest BCUT2D eigenvalue weighted by atomic mass is 32.2. The van der Waals surface area contributed by atoms with Crippen molar-refractivity contribution in [1.29, 1.82) is 0 Å². The van der Waals surface area contributed by atoms with Crippen molar-refractivity contribution in [3.8, 4) is 0 Å². The van der Waals surface area contributed by atoms with Crippen molar-refractivity contribution in [2.45, 2.75) is 31.1 Å². The molecule has 2 aromatic carbocycles. The molecule has 0 fully saturated rings. The van der Waals surface area contributed by atoms with Gasteiger partial charge in [-0.15, -0.1) is 4.83 Å². The van der Waals surface area contributed by atoms with E-state index in [1.54, 1.807) is 12.1 Å². The van der Waals surface area contributed by atoms with Gasteiger partial charge >= 0.3 is 0 Å². The summed E-state index contributed by atoms with van der Waals surface area (Å²) in [6, 6.07) is 9.43. The van der Waals surface area contributed by atoms with E-state index < -0.39 is 21.7 Å². The molecule has 140 valence electrons. The molecule has 0 aliphatic rings. The van der Waals surface area contributed by atoms with Crippen LogP contribution in [-0.4, -0.2) is 13.5 Å². The molecule has 0 amide bonds. The lowest BCUT2D eigenvalue weighted by atomic mass is 10.1. The Morgan fingerprint density at radius 3 is 2.42 bits per heavy atom. The van der Waals surface area contributed by atoms with E-state index in [0.29, 0.717) is 6.07 Å². The molecular formula is C17H19F2N3O2S2. The first-order valence-electron chi connectivity index (χ1n) is 7.94. The zero-order valence-electron chi connectivity index (χ0n) is 14.1. The minimum atomic E-state index is -3.84. The van der Waals surface area contributed by atoms with Gasteiger partial charge in [0, 0.05) is 6.07 Å². The van der Waals surface area contributed by atoms with E-state index in [4.69, 9.17) is 12.2 Å². The predicted octanol–water partition coefficient (Wildman–Crippen LogP) is 3.49. The number of thiocarbonyl (C=S) groups is 1. The Bertz CT molecular complexity index is 872. The second-order valence-corrected chi connectivity index (χ2v) is 7.65. The van der Waals surface area contributed by atoms with Gasteiger partial charge in [-0.2, -0.15) is 0 Å². The molecule has 0 atom stereocenters. The monoisotopic (exact) mass is 399 g/mol. The molecule has 2 rings (SSSR count). The van der Waals surface area contributed by atoms with Crippen molar-refractivity contribution in [2.24, 2.45) is 0 Å². The molecule has 0 saturated heterocycles. The smallest absolute Gasteiger partial charge is 0.257 e. The maximum atomic E-state index is 13.5. The van der Waals surface area contributed by atoms with Gasteiger partial charge < -0.3 is 5.32 Å². The van der Waals surface area contributed by atoms with Crippen LogP contribution in [0.25, 0.3) is 0 Å². The number of halogens is 2. The minimum absolute atomic E-state index is 0.0704. The quantitative estimate of drug-likeness (QED) is 0.491. The lowest BCUT2D eigenvalue weighted by Crippen LogP contribution is -2.43. The third kappa shape index (κ3) is 5.72. The van der Waals surface area contributed by atoms with E-state index in [2.05, 4.69) is 22.5 Å². The highest BCUT2D eigenvalue weighted by Gasteiger charge is 2.14. The van der Waals surface area contributed by atoms with E-state index in [1.807, 2.05) is 0 Å². The third-order valence-electron chi connectivity index (χ3n) is 3.53. The van der Waals surface area contributed by atoms with Gasteiger partial charge in [-0.3, -0.25) is 5.43 Å². The highest BCUT2D eigenvalue weighted by molar-refractivity contribution is 7.89. The SMILES string of the molecule is CCCCc1ccc(S(=O)(=O)NNC(=S)Nc2ccc(F)cc2F)cc1. The van der Waals surface area contributed by atoms with E-state index in [9.17, 15) is 17.2 Å². The first-order valence-corrected chi connectivity index (χ1v) is 9.84. The molecule has 0 saturated carbocycles. The Morgan fingerprint density at radius 1 is 1.12 bits per heavy atom. The number of hydrazine groups is 1. The number of hydrogen-bond acceptors (Lipinski definition) is 3. The lowest BCUT2D eigenvalue weighted by molar-refractivity contribution is 0.577. The van der Waals surface area contributed by atoms with Gasteiger partial charge in [0.25, 0.3) is 10.0 Å². The minimum Gasteiger partial charge on any atom is -0.329 e. The number of anilines is 1. The molecule has 0 aromatic heterocycles. The second-order valence-electron chi connectivity index (χ2n) is 5.56. The summed E-state index contributed by atoms with van der Waals surface area (Å²) in [5, 5.41) is 2.26. The van der Waals surface area contributed by atoms with Crippen LogP contribution < -0.4 is 15.6 Å². The van der Waals surface area contributed by atoms with Gasteiger partial charge in [-0.05, 0) is 54.9 Å². The van der Waals surface area contributed by atoms with Crippen LogP contribution in [0.15, 0.2) is 47.4 Å². The molecule has 0 spiro atoms. The average Bonchev–Trinajstić information content (AvgIpc) is 2.61. The largest absolute Gasteiger partial charge is 0.329 e. The Kier molecular flexibility index (Phi) is 7.01. The average molecular weight is 399 g/mol. The molecule has 0 radical (unpaired) electrons. The highest BCUT2D eigenvalue weighted by Crippen LogP contribution is 2.15. The number of aryl methyl sites for hydroxylation is 1. The Hall–Kier alpha value is -2.10. The topological polar surface area (TPSA) is 70.2 Å². The molecule has 0 bridgehead atoms. The molecule has 9 heteroatoms. The molecule has 2 aromatic rings. The summed E-state index contributed by atoms with van der Waals surface area (Å²) in [5.74, 6) is -1.57. The molecule has 26 heavy (non-hydrogen) atoms. The van der Waals surface area contributed by atoms with Crippen molar-refractivity contribution in [1.82, 2.24) is 10.3 Å². The van der Waals surface area contributed by atoms with E-state index in [1.165, 1.54) is 12.1 Å². The third-order valence-corrected chi connectivity index (χ3v) is 5.00. The number of sulfonamides is 1. The Balaban J connectivity index is 1.95. The van der Waals surface area contributed by atoms with Gasteiger partial charge in [-0.1, -0.05) is 25.5 Å². The van der Waals surface area contributed by atoms with Crippen LogP contribution >= 0.6 is 12.2 Å². The first kappa shape index (κ1) is 20.2. The van der Waals surface area contributed by atoms with Crippen LogP contribution in [0, 0.1) is 11.6 Å². The van der Waals surface area contributed by atoms with Crippen molar-refractivity contribution < 1.29 is 17.2 Å². The number of hydrogen-bond donors (Lipinski definition) is 3. The van der Waals surface area contributed by atoms with Crippen molar-refractivity contribution >= 4 is 33.0 Å². The zero-order valence-corrected chi connectivity index (χ0v) is 15.7. The number of unbranched alkanes of at least 4 members (excludes halogenated alkanes) is 1. The van der Waals surface area contributed by atoms with Crippen molar-refractivity contribution in [3.05, 3.63) is 59.7 Å². The molecule has 0 aliphatic heterocycles. The summed E-state index contributed by atoms with van der Waals surface area (Å²) in [7, 11) is -3.84. The number of nitrogens with one attached hydrogen (secondary N) is 3. The van der Waals surface area contributed by atoms with Crippen LogP contribution in [0.1, 0.15) is 25.3 Å². The summed E-state index contributed by atoms with van der Waals surface area (Å²) in [5.41, 5.74) is 3.26. The molecule has 0 unspecified atom stereocenters. The molecule has 3 N–H and O–H groups in total. The van der Waals surface area contributed by atoms with E-state index in [-0.39, 0.29) is 15.7 Å². The fourth-order valence-electron chi connectivity index (χ4n) is 2.13. The Labute approximate surface area is 156 Å². The molecule has 0 heterocycles. The zero-order chi connectivity index (χ0) is 19.2. The van der Waals surface area contributed by atoms with Crippen LogP contribution in [0.2, 0.25) is 0 Å². The summed E-state index contributed by atoms with van der Waals surface area (Å²) in [6.45, 7) is 2.09. The predicted molar refractivity (Wildman–Crippen MR) is 101 cm³/mol. The van der Waals surface area contributed by atoms with Crippen LogP contribution in [-0.2, 0) is 16.4 Å². The van der Waals surface area contributed by atoms with Crippen LogP contribution in [0.4, 0.5) is 14.5 Å². The summed E-state index contributed by atoms with van der Waals surface area (Å²) >= 11 is 4.91. The van der Waals surface area contributed by atoms with Gasteiger partial charge in [0.2, 0.25) is 0 Å². The standard InChI is InChI=1S/C17H19F2N3O2S2/c1-2-3-4-12-5-8-14(9-6-12)26(23,24)22-21-17(25)20-16-10-7-13(18)11-15(16)19/h5-11,22H,2-4H2,1H3,(H2,20,21,25). The van der Waals surface area contributed by atoms with Gasteiger partial charge in [0.1, 0.15) is 11.6 Å². The van der Waals surface area contributed by atoms with Gasteiger partial charge in [0.05, 0.1) is 10.6 Å². The van der Waals surface area contributed by atoms with E-state index in [0.717, 1.165) is 37.0 Å². The normalized spacial score (nSPS) is 11.2. The second kappa shape index (κ2) is 9.02. The fraction of sp³-hybridized carbons (Fsp3) is 0.235. The van der Waals surface area contributed by atoms with Gasteiger partial charge in [-0.25, -0.2) is 17.2 Å². The maximum Gasteiger partial charge on any atom is 0.257 e. The molecule has 5 nitrogen and oxygen atoms in total. The maximum absolute atomic E-state index is 13.5. The Morgan fingerprint density at radius 2 is 1.81 bits per heavy atom. The van der Waals surface area contributed by atoms with Crippen molar-refractivity contribution in [3.63, 3.8) is 0 Å². The fourth-order valence-corrected chi connectivity index (χ4v) is 3.21. The van der Waals surface area contributed by atoms with Crippen LogP contribution in [0.5, 0.6) is 0 Å². The summed E-state index contributed by atoms with van der Waals surface area (Å²) in [6.07, 6.45) is 2.98. The van der Waals surface area contributed by atoms with Gasteiger partial charge in [0.15, 0.2) is 5.11 Å². The van der Waals surface area contributed by atoms with Crippen molar-refractivity contribution in [2.75, 3.05) is 5.32 Å². The molecular weight excluding hydrogens is 380 g/mol.